The molecule has 8 heteroatoms. The van der Waals surface area contributed by atoms with E-state index in [4.69, 9.17) is 0 Å². The van der Waals surface area contributed by atoms with Crippen LogP contribution in [0.3, 0.4) is 0 Å². The van der Waals surface area contributed by atoms with Crippen LogP contribution in [0.25, 0.3) is 0 Å². The Morgan fingerprint density at radius 1 is 1.17 bits per heavy atom. The van der Waals surface area contributed by atoms with Gasteiger partial charge in [0.2, 0.25) is 5.91 Å². The summed E-state index contributed by atoms with van der Waals surface area (Å²) >= 11 is 0. The van der Waals surface area contributed by atoms with Crippen LogP contribution >= 0.6 is 0 Å². The molecule has 2 amide bonds. The third-order valence-corrected chi connectivity index (χ3v) is 3.57. The van der Waals surface area contributed by atoms with Crippen molar-refractivity contribution in [2.75, 3.05) is 5.32 Å². The lowest BCUT2D eigenvalue weighted by Gasteiger charge is -2.11. The van der Waals surface area contributed by atoms with Crippen LogP contribution in [-0.4, -0.2) is 27.4 Å². The van der Waals surface area contributed by atoms with Crippen molar-refractivity contribution in [1.82, 2.24) is 14.9 Å². The fraction of sp³-hybridized carbons (Fsp3) is 0.250. The van der Waals surface area contributed by atoms with Crippen LogP contribution < -0.4 is 21.9 Å². The molecule has 1 aromatic heterocycles. The molecule has 0 spiro atoms. The Morgan fingerprint density at radius 2 is 1.92 bits per heavy atom. The molecule has 1 heterocycles. The number of aromatic nitrogens is 2. The van der Waals surface area contributed by atoms with Crippen LogP contribution in [0.2, 0.25) is 0 Å². The lowest BCUT2D eigenvalue weighted by molar-refractivity contribution is -0.116. The third-order valence-electron chi connectivity index (χ3n) is 3.57. The first-order valence-electron chi connectivity index (χ1n) is 7.52. The van der Waals surface area contributed by atoms with E-state index in [1.165, 1.54) is 6.20 Å². The summed E-state index contributed by atoms with van der Waals surface area (Å²) in [6, 6.07) is 8.03. The highest BCUT2D eigenvalue weighted by atomic mass is 16.2. The van der Waals surface area contributed by atoms with Crippen LogP contribution in [0.5, 0.6) is 0 Å². The maximum absolute atomic E-state index is 12.2. The fourth-order valence-electron chi connectivity index (χ4n) is 2.19. The molecule has 1 aromatic carbocycles. The molecule has 3 rings (SSSR count). The molecular formula is C16H16N4O4. The molecule has 0 aliphatic heterocycles. The monoisotopic (exact) mass is 328 g/mol. The van der Waals surface area contributed by atoms with Crippen molar-refractivity contribution in [3.8, 4) is 0 Å². The molecule has 0 bridgehead atoms. The van der Waals surface area contributed by atoms with Crippen molar-refractivity contribution < 1.29 is 9.59 Å². The van der Waals surface area contributed by atoms with Crippen LogP contribution in [0.1, 0.15) is 23.2 Å². The number of H-pyrrole nitrogens is 1. The highest BCUT2D eigenvalue weighted by molar-refractivity contribution is 6.03. The number of nitrogens with zero attached hydrogens (tertiary/aromatic N) is 1. The van der Waals surface area contributed by atoms with Gasteiger partial charge < -0.3 is 10.6 Å². The van der Waals surface area contributed by atoms with Crippen LogP contribution in [0, 0.1) is 0 Å². The summed E-state index contributed by atoms with van der Waals surface area (Å²) < 4.78 is 1.07. The third kappa shape index (κ3) is 3.78. The van der Waals surface area contributed by atoms with E-state index < -0.39 is 17.2 Å². The van der Waals surface area contributed by atoms with Crippen molar-refractivity contribution in [2.45, 2.75) is 25.4 Å². The smallest absolute Gasteiger partial charge is 0.328 e. The molecule has 0 radical (unpaired) electrons. The van der Waals surface area contributed by atoms with Gasteiger partial charge in [-0.2, -0.15) is 0 Å². The molecule has 1 saturated carbocycles. The summed E-state index contributed by atoms with van der Waals surface area (Å²) in [5.74, 6) is -0.717. The normalized spacial score (nSPS) is 13.3. The zero-order chi connectivity index (χ0) is 17.1. The first-order chi connectivity index (χ1) is 11.5. The number of benzene rings is 1. The number of rotatable bonds is 5. The second-order valence-electron chi connectivity index (χ2n) is 5.58. The van der Waals surface area contributed by atoms with Gasteiger partial charge in [-0.15, -0.1) is 0 Å². The van der Waals surface area contributed by atoms with Gasteiger partial charge in [0.15, 0.2) is 0 Å². The zero-order valence-electron chi connectivity index (χ0n) is 12.7. The topological polar surface area (TPSA) is 113 Å². The van der Waals surface area contributed by atoms with Crippen molar-refractivity contribution in [3.63, 3.8) is 0 Å². The standard InChI is InChI=1S/C16H16N4O4/c21-13-7-8-20(16(24)19-13)9-14(22)18-12-4-2-1-3-11(12)15(23)17-10-5-6-10/h1-4,7-8,10H,5-6,9H2,(H,17,23)(H,18,22)(H,19,21,24). The largest absolute Gasteiger partial charge is 0.349 e. The Labute approximate surface area is 136 Å². The lowest BCUT2D eigenvalue weighted by Crippen LogP contribution is -2.33. The van der Waals surface area contributed by atoms with Gasteiger partial charge in [-0.05, 0) is 25.0 Å². The minimum atomic E-state index is -0.669. The number of carbonyl (C=O) groups excluding carboxylic acids is 2. The number of aromatic amines is 1. The second kappa shape index (κ2) is 6.53. The lowest BCUT2D eigenvalue weighted by atomic mass is 10.1. The fourth-order valence-corrected chi connectivity index (χ4v) is 2.19. The summed E-state index contributed by atoms with van der Waals surface area (Å²) in [4.78, 5) is 49.0. The van der Waals surface area contributed by atoms with Crippen molar-refractivity contribution in [2.24, 2.45) is 0 Å². The summed E-state index contributed by atoms with van der Waals surface area (Å²) in [5.41, 5.74) is -0.458. The average molecular weight is 328 g/mol. The van der Waals surface area contributed by atoms with Crippen molar-refractivity contribution >= 4 is 17.5 Å². The molecular weight excluding hydrogens is 312 g/mol. The van der Waals surface area contributed by atoms with E-state index in [-0.39, 0.29) is 18.5 Å². The van der Waals surface area contributed by atoms with E-state index in [9.17, 15) is 19.2 Å². The summed E-state index contributed by atoms with van der Waals surface area (Å²) in [6.07, 6.45) is 3.18. The van der Waals surface area contributed by atoms with Gasteiger partial charge in [0, 0.05) is 18.3 Å². The molecule has 0 unspecified atom stereocenters. The number of carbonyl (C=O) groups is 2. The molecule has 1 fully saturated rings. The van der Waals surface area contributed by atoms with Gasteiger partial charge in [-0.1, -0.05) is 12.1 Å². The SMILES string of the molecule is O=C(Cn1ccc(=O)[nH]c1=O)Nc1ccccc1C(=O)NC1CC1. The second-order valence-corrected chi connectivity index (χ2v) is 5.58. The Balaban J connectivity index is 1.73. The first-order valence-corrected chi connectivity index (χ1v) is 7.52. The van der Waals surface area contributed by atoms with Crippen LogP contribution in [-0.2, 0) is 11.3 Å². The minimum Gasteiger partial charge on any atom is -0.349 e. The Kier molecular flexibility index (Phi) is 4.28. The maximum Gasteiger partial charge on any atom is 0.328 e. The van der Waals surface area contributed by atoms with Gasteiger partial charge in [-0.3, -0.25) is 23.9 Å². The van der Waals surface area contributed by atoms with Crippen molar-refractivity contribution in [3.05, 3.63) is 62.9 Å². The summed E-state index contributed by atoms with van der Waals surface area (Å²) in [7, 11) is 0. The molecule has 1 aliphatic rings. The highest BCUT2D eigenvalue weighted by Crippen LogP contribution is 2.21. The van der Waals surface area contributed by atoms with E-state index in [1.807, 2.05) is 0 Å². The molecule has 124 valence electrons. The molecule has 1 aliphatic carbocycles. The predicted octanol–water partition coefficient (Wildman–Crippen LogP) is 0.0675. The number of nitrogens with one attached hydrogen (secondary N) is 3. The average Bonchev–Trinajstić information content (AvgIpc) is 3.34. The number of amides is 2. The van der Waals surface area contributed by atoms with Gasteiger partial charge in [0.05, 0.1) is 11.3 Å². The number of hydrogen-bond acceptors (Lipinski definition) is 4. The zero-order valence-corrected chi connectivity index (χ0v) is 12.7. The van der Waals surface area contributed by atoms with Gasteiger partial charge in [0.25, 0.3) is 11.5 Å². The summed E-state index contributed by atoms with van der Waals surface area (Å²) in [6.45, 7) is -0.270. The van der Waals surface area contributed by atoms with Crippen molar-refractivity contribution in [1.29, 1.82) is 0 Å². The Hall–Kier alpha value is -3.16. The predicted molar refractivity (Wildman–Crippen MR) is 86.9 cm³/mol. The quantitative estimate of drug-likeness (QED) is 0.720. The maximum atomic E-state index is 12.2. The van der Waals surface area contributed by atoms with Crippen LogP contribution in [0.4, 0.5) is 5.69 Å². The molecule has 3 N–H and O–H groups in total. The van der Waals surface area contributed by atoms with Gasteiger partial charge >= 0.3 is 5.69 Å². The van der Waals surface area contributed by atoms with E-state index in [2.05, 4.69) is 15.6 Å². The molecule has 0 saturated heterocycles. The van der Waals surface area contributed by atoms with E-state index in [0.29, 0.717) is 11.3 Å². The van der Waals surface area contributed by atoms with Gasteiger partial charge in [-0.25, -0.2) is 4.79 Å². The summed E-state index contributed by atoms with van der Waals surface area (Å²) in [5, 5.41) is 5.49. The van der Waals surface area contributed by atoms with E-state index in [0.717, 1.165) is 23.5 Å². The molecule has 0 atom stereocenters. The highest BCUT2D eigenvalue weighted by Gasteiger charge is 2.25. The number of para-hydroxylation sites is 1. The van der Waals surface area contributed by atoms with Gasteiger partial charge in [0.1, 0.15) is 6.54 Å². The minimum absolute atomic E-state index is 0.209. The Bertz CT molecular complexity index is 895. The van der Waals surface area contributed by atoms with Crippen LogP contribution in [0.15, 0.2) is 46.1 Å². The molecule has 24 heavy (non-hydrogen) atoms. The molecule has 2 aromatic rings. The number of hydrogen-bond donors (Lipinski definition) is 3. The van der Waals surface area contributed by atoms with E-state index in [1.54, 1.807) is 24.3 Å². The van der Waals surface area contributed by atoms with E-state index >= 15 is 0 Å². The number of anilines is 1. The molecule has 8 nitrogen and oxygen atoms in total. The Morgan fingerprint density at radius 3 is 2.62 bits per heavy atom. The first kappa shape index (κ1) is 15.7.